The van der Waals surface area contributed by atoms with E-state index in [9.17, 15) is 24.1 Å². The Labute approximate surface area is 145 Å². The van der Waals surface area contributed by atoms with Crippen LogP contribution in [0.15, 0.2) is 65.5 Å². The van der Waals surface area contributed by atoms with E-state index in [2.05, 4.69) is 5.10 Å². The average molecular weight is 355 g/mol. The molecule has 3 aromatic rings. The number of carbonyl (C=O) groups is 1. The maximum Gasteiger partial charge on any atom is 0.364 e. The van der Waals surface area contributed by atoms with Crippen LogP contribution in [0.5, 0.6) is 5.75 Å². The molecule has 0 aliphatic rings. The Kier molecular flexibility index (Phi) is 4.52. The van der Waals surface area contributed by atoms with Gasteiger partial charge >= 0.3 is 11.7 Å². The monoisotopic (exact) mass is 355 g/mol. The van der Waals surface area contributed by atoms with Gasteiger partial charge in [-0.05, 0) is 24.3 Å². The molecular weight excluding hydrogens is 345 g/mol. The van der Waals surface area contributed by atoms with Gasteiger partial charge in [0.05, 0.1) is 10.6 Å². The Morgan fingerprint density at radius 1 is 1.12 bits per heavy atom. The number of ether oxygens (including phenoxy) is 1. The Morgan fingerprint density at radius 3 is 2.54 bits per heavy atom. The summed E-state index contributed by atoms with van der Waals surface area (Å²) in [5.74, 6) is -2.43. The third-order valence-electron chi connectivity index (χ3n) is 3.33. The second-order valence-electron chi connectivity index (χ2n) is 5.06. The summed E-state index contributed by atoms with van der Waals surface area (Å²) in [5, 5.41) is 14.9. The van der Waals surface area contributed by atoms with Crippen LogP contribution < -0.4 is 10.3 Å². The number of para-hydroxylation sites is 1. The lowest BCUT2D eigenvalue weighted by Gasteiger charge is -2.07. The van der Waals surface area contributed by atoms with Gasteiger partial charge in [0, 0.05) is 18.2 Å². The first-order chi connectivity index (χ1) is 12.5. The Hall–Kier alpha value is -3.88. The summed E-state index contributed by atoms with van der Waals surface area (Å²) in [5.41, 5.74) is -0.906. The fourth-order valence-electron chi connectivity index (χ4n) is 2.15. The van der Waals surface area contributed by atoms with Crippen molar-refractivity contribution in [1.82, 2.24) is 9.78 Å². The summed E-state index contributed by atoms with van der Waals surface area (Å²) in [7, 11) is 0. The number of hydrogen-bond donors (Lipinski definition) is 0. The van der Waals surface area contributed by atoms with Crippen molar-refractivity contribution in [2.75, 3.05) is 0 Å². The first-order valence-electron chi connectivity index (χ1n) is 7.27. The van der Waals surface area contributed by atoms with Crippen molar-refractivity contribution < 1.29 is 18.8 Å². The number of carbonyl (C=O) groups excluding carboxylic acids is 1. The topological polar surface area (TPSA) is 104 Å². The first kappa shape index (κ1) is 17.0. The minimum absolute atomic E-state index is 0.271. The molecule has 0 radical (unpaired) electrons. The summed E-state index contributed by atoms with van der Waals surface area (Å²) in [6.07, 6.45) is 0. The molecule has 3 rings (SSSR count). The number of hydrogen-bond acceptors (Lipinski definition) is 6. The first-order valence-corrected chi connectivity index (χ1v) is 7.27. The predicted molar refractivity (Wildman–Crippen MR) is 87.8 cm³/mol. The molecule has 0 saturated heterocycles. The van der Waals surface area contributed by atoms with E-state index in [1.807, 2.05) is 0 Å². The standard InChI is InChI=1S/C17H10FN3O5/c18-11-6-8-14(21(24)25)15(10-11)26-17(23)13-7-9-16(22)20(19-13)12-4-2-1-3-5-12/h1-10H. The highest BCUT2D eigenvalue weighted by atomic mass is 19.1. The summed E-state index contributed by atoms with van der Waals surface area (Å²) >= 11 is 0. The summed E-state index contributed by atoms with van der Waals surface area (Å²) in [6.45, 7) is 0. The smallest absolute Gasteiger partial charge is 0.364 e. The van der Waals surface area contributed by atoms with Gasteiger partial charge in [-0.2, -0.15) is 9.78 Å². The van der Waals surface area contributed by atoms with Crippen LogP contribution in [-0.4, -0.2) is 20.7 Å². The number of nitrogens with zero attached hydrogens (tertiary/aromatic N) is 3. The van der Waals surface area contributed by atoms with Gasteiger partial charge in [-0.3, -0.25) is 14.9 Å². The van der Waals surface area contributed by atoms with Crippen molar-refractivity contribution in [2.45, 2.75) is 0 Å². The maximum absolute atomic E-state index is 13.3. The zero-order valence-electron chi connectivity index (χ0n) is 13.0. The lowest BCUT2D eigenvalue weighted by Crippen LogP contribution is -2.24. The zero-order chi connectivity index (χ0) is 18.7. The van der Waals surface area contributed by atoms with Crippen molar-refractivity contribution in [3.63, 3.8) is 0 Å². The highest BCUT2D eigenvalue weighted by Crippen LogP contribution is 2.28. The molecular formula is C17H10FN3O5. The van der Waals surface area contributed by atoms with Crippen LogP contribution in [0.2, 0.25) is 0 Å². The maximum atomic E-state index is 13.3. The number of benzene rings is 2. The van der Waals surface area contributed by atoms with Crippen LogP contribution in [0.3, 0.4) is 0 Å². The summed E-state index contributed by atoms with van der Waals surface area (Å²) < 4.78 is 19.2. The van der Waals surface area contributed by atoms with E-state index in [1.54, 1.807) is 30.3 Å². The molecule has 130 valence electrons. The van der Waals surface area contributed by atoms with Gasteiger partial charge in [0.2, 0.25) is 5.75 Å². The van der Waals surface area contributed by atoms with Crippen molar-refractivity contribution in [1.29, 1.82) is 0 Å². The Morgan fingerprint density at radius 2 is 1.85 bits per heavy atom. The third-order valence-corrected chi connectivity index (χ3v) is 3.33. The second kappa shape index (κ2) is 6.93. The molecule has 0 amide bonds. The minimum Gasteiger partial charge on any atom is -0.414 e. The molecule has 0 spiro atoms. The van der Waals surface area contributed by atoms with E-state index < -0.39 is 33.7 Å². The molecule has 0 aliphatic carbocycles. The molecule has 0 aliphatic heterocycles. The number of esters is 1. The molecule has 8 nitrogen and oxygen atoms in total. The van der Waals surface area contributed by atoms with E-state index in [-0.39, 0.29) is 5.69 Å². The van der Waals surface area contributed by atoms with Crippen molar-refractivity contribution in [3.8, 4) is 11.4 Å². The van der Waals surface area contributed by atoms with Gasteiger partial charge in [-0.1, -0.05) is 18.2 Å². The van der Waals surface area contributed by atoms with Gasteiger partial charge in [-0.15, -0.1) is 0 Å². The number of halogens is 1. The largest absolute Gasteiger partial charge is 0.414 e. The van der Waals surface area contributed by atoms with Gasteiger partial charge in [0.1, 0.15) is 5.82 Å². The zero-order valence-corrected chi connectivity index (χ0v) is 13.0. The predicted octanol–water partition coefficient (Wildman–Crippen LogP) is 2.50. The van der Waals surface area contributed by atoms with Crippen LogP contribution >= 0.6 is 0 Å². The molecule has 0 bridgehead atoms. The van der Waals surface area contributed by atoms with Crippen molar-refractivity contribution in [2.24, 2.45) is 0 Å². The highest BCUT2D eigenvalue weighted by Gasteiger charge is 2.21. The molecule has 26 heavy (non-hydrogen) atoms. The molecule has 9 heteroatoms. The molecule has 2 aromatic carbocycles. The highest BCUT2D eigenvalue weighted by molar-refractivity contribution is 5.89. The van der Waals surface area contributed by atoms with E-state index in [1.165, 1.54) is 0 Å². The molecule has 0 atom stereocenters. The number of nitro benzene ring substituents is 1. The van der Waals surface area contributed by atoms with Crippen molar-refractivity contribution >= 4 is 11.7 Å². The number of rotatable bonds is 4. The summed E-state index contributed by atoms with van der Waals surface area (Å²) in [6, 6.07) is 13.1. The van der Waals surface area contributed by atoms with Crippen LogP contribution in [0.4, 0.5) is 10.1 Å². The summed E-state index contributed by atoms with van der Waals surface area (Å²) in [4.78, 5) is 34.4. The second-order valence-corrected chi connectivity index (χ2v) is 5.06. The Bertz CT molecular complexity index is 1050. The van der Waals surface area contributed by atoms with Gasteiger partial charge in [0.25, 0.3) is 5.56 Å². The molecule has 1 aromatic heterocycles. The average Bonchev–Trinajstić information content (AvgIpc) is 2.62. The molecule has 0 unspecified atom stereocenters. The molecule has 1 heterocycles. The fourth-order valence-corrected chi connectivity index (χ4v) is 2.15. The van der Waals surface area contributed by atoms with E-state index in [0.29, 0.717) is 5.69 Å². The van der Waals surface area contributed by atoms with E-state index >= 15 is 0 Å². The fraction of sp³-hybridized carbons (Fsp3) is 0. The normalized spacial score (nSPS) is 10.3. The molecule has 0 saturated carbocycles. The van der Waals surface area contributed by atoms with E-state index in [0.717, 1.165) is 35.0 Å². The van der Waals surface area contributed by atoms with Crippen LogP contribution in [0.25, 0.3) is 5.69 Å². The number of aromatic nitrogens is 2. The van der Waals surface area contributed by atoms with E-state index in [4.69, 9.17) is 4.74 Å². The lowest BCUT2D eigenvalue weighted by atomic mass is 10.3. The molecule has 0 N–H and O–H groups in total. The third kappa shape index (κ3) is 3.46. The molecule has 0 fully saturated rings. The van der Waals surface area contributed by atoms with Gasteiger partial charge < -0.3 is 4.74 Å². The van der Waals surface area contributed by atoms with Crippen LogP contribution in [0.1, 0.15) is 10.5 Å². The number of nitro groups is 1. The van der Waals surface area contributed by atoms with Crippen LogP contribution in [-0.2, 0) is 0 Å². The lowest BCUT2D eigenvalue weighted by molar-refractivity contribution is -0.385. The SMILES string of the molecule is O=C(Oc1cc(F)ccc1[N+](=O)[O-])c1ccc(=O)n(-c2ccccc2)n1. The van der Waals surface area contributed by atoms with Gasteiger partial charge in [0.15, 0.2) is 5.69 Å². The van der Waals surface area contributed by atoms with Gasteiger partial charge in [-0.25, -0.2) is 9.18 Å². The Balaban J connectivity index is 1.96. The van der Waals surface area contributed by atoms with Crippen LogP contribution in [0, 0.1) is 15.9 Å². The quantitative estimate of drug-likeness (QED) is 0.308. The van der Waals surface area contributed by atoms with Crippen molar-refractivity contribution in [3.05, 3.63) is 92.6 Å². The minimum atomic E-state index is -1.07.